The third-order valence-electron chi connectivity index (χ3n) is 9.55. The van der Waals surface area contributed by atoms with Gasteiger partial charge in [0.1, 0.15) is 17.5 Å². The Morgan fingerprint density at radius 2 is 1.49 bits per heavy atom. The van der Waals surface area contributed by atoms with Gasteiger partial charge in [0.05, 0.1) is 12.6 Å². The van der Waals surface area contributed by atoms with Crippen LogP contribution in [-0.2, 0) is 13.5 Å². The second kappa shape index (κ2) is 10.5. The van der Waals surface area contributed by atoms with E-state index in [4.69, 9.17) is 0 Å². The zero-order valence-corrected chi connectivity index (χ0v) is 28.2. The molecule has 1 aliphatic rings. The van der Waals surface area contributed by atoms with Crippen LogP contribution in [0.15, 0.2) is 66.9 Å². The maximum Gasteiger partial charge on any atom is 0.304 e. The molecule has 6 rings (SSSR count). The van der Waals surface area contributed by atoms with Gasteiger partial charge in [0.15, 0.2) is 0 Å². The van der Waals surface area contributed by atoms with Crippen molar-refractivity contribution < 1.29 is 4.57 Å². The first-order valence-electron chi connectivity index (χ1n) is 16.1. The van der Waals surface area contributed by atoms with E-state index in [2.05, 4.69) is 152 Å². The molecule has 0 fully saturated rings. The monoisotopic (exact) mass is 567 g/mol. The number of benzene rings is 4. The van der Waals surface area contributed by atoms with Crippen LogP contribution in [0.1, 0.15) is 93.7 Å². The highest BCUT2D eigenvalue weighted by molar-refractivity contribution is 6.99. The Bertz CT molecular complexity index is 1850. The third-order valence-corrected chi connectivity index (χ3v) is 9.55. The number of aromatic nitrogens is 2. The van der Waals surface area contributed by atoms with Crippen LogP contribution in [0.3, 0.4) is 0 Å². The van der Waals surface area contributed by atoms with Crippen LogP contribution in [0.5, 0.6) is 0 Å². The van der Waals surface area contributed by atoms with E-state index in [-0.39, 0.29) is 12.1 Å². The second-order valence-electron chi connectivity index (χ2n) is 15.0. The molecular formula is C40H48BN2+. The third kappa shape index (κ3) is 4.95. The van der Waals surface area contributed by atoms with Crippen LogP contribution in [0, 0.1) is 26.2 Å². The fourth-order valence-corrected chi connectivity index (χ4v) is 7.63. The summed E-state index contributed by atoms with van der Waals surface area (Å²) < 4.78 is 4.96. The molecule has 0 amide bonds. The smallest absolute Gasteiger partial charge is 0.233 e. The summed E-state index contributed by atoms with van der Waals surface area (Å²) in [6.07, 6.45) is 3.49. The lowest BCUT2D eigenvalue weighted by atomic mass is 9.37. The zero-order chi connectivity index (χ0) is 31.0. The Balaban J connectivity index is 1.73. The average molecular weight is 568 g/mol. The van der Waals surface area contributed by atoms with Crippen molar-refractivity contribution in [3.63, 3.8) is 0 Å². The first kappa shape index (κ1) is 29.5. The summed E-state index contributed by atoms with van der Waals surface area (Å²) in [5, 5.41) is 2.72. The van der Waals surface area contributed by atoms with E-state index in [1.165, 1.54) is 77.7 Å². The number of fused-ring (bicyclic) bond motifs is 5. The quantitative estimate of drug-likeness (QED) is 0.149. The van der Waals surface area contributed by atoms with Gasteiger partial charge in [0.25, 0.3) is 5.82 Å². The zero-order valence-electron chi connectivity index (χ0n) is 28.2. The Hall–Kier alpha value is -3.59. The summed E-state index contributed by atoms with van der Waals surface area (Å²) in [5.74, 6) is 2.13. The molecule has 2 nitrogen and oxygen atoms in total. The number of hydrogen-bond donors (Lipinski definition) is 0. The van der Waals surface area contributed by atoms with Crippen molar-refractivity contribution in [1.82, 2.24) is 4.57 Å². The normalized spacial score (nSPS) is 13.0. The second-order valence-corrected chi connectivity index (χ2v) is 15.0. The fourth-order valence-electron chi connectivity index (χ4n) is 7.63. The van der Waals surface area contributed by atoms with E-state index < -0.39 is 0 Å². The Kier molecular flexibility index (Phi) is 7.23. The van der Waals surface area contributed by atoms with Crippen LogP contribution in [0.2, 0.25) is 0 Å². The summed E-state index contributed by atoms with van der Waals surface area (Å²) in [4.78, 5) is 0. The highest BCUT2D eigenvalue weighted by atomic mass is 15.2. The minimum absolute atomic E-state index is 0.161. The molecule has 5 aromatic rings. The van der Waals surface area contributed by atoms with Crippen molar-refractivity contribution in [2.75, 3.05) is 0 Å². The van der Waals surface area contributed by atoms with Gasteiger partial charge in [-0.3, -0.25) is 0 Å². The molecule has 0 N–H and O–H groups in total. The van der Waals surface area contributed by atoms with Crippen molar-refractivity contribution in [2.45, 2.75) is 87.5 Å². The lowest BCUT2D eigenvalue weighted by Crippen LogP contribution is -2.53. The van der Waals surface area contributed by atoms with Gasteiger partial charge < -0.3 is 0 Å². The van der Waals surface area contributed by atoms with Crippen LogP contribution < -0.4 is 21.1 Å². The van der Waals surface area contributed by atoms with Crippen molar-refractivity contribution in [3.05, 3.63) is 100 Å². The Morgan fingerprint density at radius 3 is 2.12 bits per heavy atom. The summed E-state index contributed by atoms with van der Waals surface area (Å²) in [6.45, 7) is 23.3. The maximum absolute atomic E-state index is 2.59. The van der Waals surface area contributed by atoms with Crippen molar-refractivity contribution in [1.29, 1.82) is 0 Å². The predicted octanol–water partition coefficient (Wildman–Crippen LogP) is 7.71. The molecule has 0 bridgehead atoms. The highest BCUT2D eigenvalue weighted by Crippen LogP contribution is 2.32. The number of imidazole rings is 1. The van der Waals surface area contributed by atoms with Crippen LogP contribution >= 0.6 is 0 Å². The Labute approximate surface area is 259 Å². The van der Waals surface area contributed by atoms with E-state index in [0.717, 1.165) is 6.42 Å². The van der Waals surface area contributed by atoms with E-state index in [0.29, 0.717) is 11.8 Å². The molecule has 0 saturated heterocycles. The van der Waals surface area contributed by atoms with Gasteiger partial charge in [-0.15, -0.1) is 0 Å². The van der Waals surface area contributed by atoms with Gasteiger partial charge in [-0.05, 0) is 106 Å². The predicted molar refractivity (Wildman–Crippen MR) is 187 cm³/mol. The molecule has 0 radical (unpaired) electrons. The van der Waals surface area contributed by atoms with Crippen molar-refractivity contribution in [3.8, 4) is 17.1 Å². The number of rotatable bonds is 5. The van der Waals surface area contributed by atoms with Gasteiger partial charge >= 0.3 is 6.71 Å². The molecule has 2 heterocycles. The maximum atomic E-state index is 2.59. The minimum atomic E-state index is 0.161. The Morgan fingerprint density at radius 1 is 0.814 bits per heavy atom. The molecule has 0 atom stereocenters. The molecule has 4 aromatic carbocycles. The van der Waals surface area contributed by atoms with E-state index in [9.17, 15) is 0 Å². The lowest BCUT2D eigenvalue weighted by molar-refractivity contribution is -0.659. The number of hydrogen-bond acceptors (Lipinski definition) is 0. The molecule has 43 heavy (non-hydrogen) atoms. The van der Waals surface area contributed by atoms with Crippen LogP contribution in [0.4, 0.5) is 0 Å². The van der Waals surface area contributed by atoms with Gasteiger partial charge in [-0.1, -0.05) is 102 Å². The molecule has 0 saturated carbocycles. The summed E-state index contributed by atoms with van der Waals surface area (Å²) in [5.41, 5.74) is 15.6. The number of nitrogens with zero attached hydrogens (tertiary/aromatic N) is 2. The van der Waals surface area contributed by atoms with Crippen LogP contribution in [0.25, 0.3) is 27.8 Å². The molecule has 1 aromatic heterocycles. The average Bonchev–Trinajstić information content (AvgIpc) is 3.41. The molecule has 3 heteroatoms. The number of aryl methyl sites for hydroxylation is 3. The minimum Gasteiger partial charge on any atom is -0.233 e. The molecule has 0 spiro atoms. The first-order valence-corrected chi connectivity index (χ1v) is 16.1. The first-order chi connectivity index (χ1) is 20.3. The molecule has 220 valence electrons. The van der Waals surface area contributed by atoms with E-state index in [1.54, 1.807) is 0 Å². The van der Waals surface area contributed by atoms with Gasteiger partial charge in [-0.25, -0.2) is 9.13 Å². The summed E-state index contributed by atoms with van der Waals surface area (Å²) in [6, 6.07) is 23.7. The van der Waals surface area contributed by atoms with Gasteiger partial charge in [0, 0.05) is 0 Å². The van der Waals surface area contributed by atoms with Gasteiger partial charge in [-0.2, -0.15) is 0 Å². The SMILES string of the molecule is Cc1cc(C)c(C)c(-c2n3c(c[n+]2C)B(c2c(C(C)C)cccc2C(C)C)c2c-3ccc3cc(CC(C)(C)C)ccc23)c1. The molecule has 0 unspecified atom stereocenters. The largest absolute Gasteiger partial charge is 0.304 e. The lowest BCUT2D eigenvalue weighted by Gasteiger charge is -2.23. The van der Waals surface area contributed by atoms with Crippen molar-refractivity contribution in [2.24, 2.45) is 12.5 Å². The fraction of sp³-hybridized carbons (Fsp3) is 0.375. The topological polar surface area (TPSA) is 8.81 Å². The molecule has 0 aliphatic carbocycles. The van der Waals surface area contributed by atoms with Gasteiger partial charge in [0.2, 0.25) is 0 Å². The van der Waals surface area contributed by atoms with E-state index in [1.807, 2.05) is 0 Å². The standard InChI is InChI=1S/C40H48BN2/c1-24(2)31-13-12-14-32(25(3)4)37(31)41-36-23-42(11)39(34-20-26(5)19-27(6)28(34)7)43(36)35-18-16-30-21-29(22-40(8,9)10)15-17-33(30)38(35)41/h12-21,23-25H,22H2,1-11H3/q+1. The summed E-state index contributed by atoms with van der Waals surface area (Å²) in [7, 11) is 2.23. The van der Waals surface area contributed by atoms with E-state index >= 15 is 0 Å². The summed E-state index contributed by atoms with van der Waals surface area (Å²) >= 11 is 0. The molecular weight excluding hydrogens is 519 g/mol. The highest BCUT2D eigenvalue weighted by Gasteiger charge is 2.46. The van der Waals surface area contributed by atoms with Crippen LogP contribution in [-0.4, -0.2) is 11.3 Å². The molecule has 1 aliphatic heterocycles. The van der Waals surface area contributed by atoms with Crippen molar-refractivity contribution >= 4 is 34.0 Å².